The molecule has 0 N–H and O–H groups in total. The highest BCUT2D eigenvalue weighted by atomic mass is 16.5. The summed E-state index contributed by atoms with van der Waals surface area (Å²) in [5.41, 5.74) is 1.94. The van der Waals surface area contributed by atoms with E-state index in [-0.39, 0.29) is 6.42 Å². The first-order chi connectivity index (χ1) is 11.0. The average Bonchev–Trinajstić information content (AvgIpc) is 2.50. The number of hydrogen-bond donors (Lipinski definition) is 0. The molecule has 1 aromatic heterocycles. The normalized spacial score (nSPS) is 10.8. The monoisotopic (exact) mass is 318 g/mol. The van der Waals surface area contributed by atoms with E-state index in [0.29, 0.717) is 29.1 Å². The Morgan fingerprint density at radius 3 is 2.65 bits per heavy atom. The fourth-order valence-corrected chi connectivity index (χ4v) is 2.50. The zero-order chi connectivity index (χ0) is 17.0. The van der Waals surface area contributed by atoms with E-state index in [0.717, 1.165) is 23.8 Å². The van der Waals surface area contributed by atoms with Crippen LogP contribution >= 0.6 is 0 Å². The Hall–Kier alpha value is -2.30. The van der Waals surface area contributed by atoms with Crippen molar-refractivity contribution in [3.8, 4) is 5.75 Å². The number of unbranched alkanes of at least 4 members (excludes halogenated alkanes) is 1. The molecule has 0 spiro atoms. The molecular weight excluding hydrogens is 296 g/mol. The van der Waals surface area contributed by atoms with Gasteiger partial charge in [0.15, 0.2) is 0 Å². The minimum absolute atomic E-state index is 0.108. The number of ether oxygens (including phenoxy) is 2. The first-order valence-corrected chi connectivity index (χ1v) is 7.74. The van der Waals surface area contributed by atoms with E-state index in [1.54, 1.807) is 13.0 Å². The van der Waals surface area contributed by atoms with Crippen LogP contribution in [-0.4, -0.2) is 19.7 Å². The van der Waals surface area contributed by atoms with Crippen molar-refractivity contribution in [1.82, 2.24) is 0 Å². The van der Waals surface area contributed by atoms with Gasteiger partial charge in [-0.05, 0) is 43.5 Å². The maximum absolute atomic E-state index is 12.2. The van der Waals surface area contributed by atoms with Crippen molar-refractivity contribution in [2.24, 2.45) is 0 Å². The second-order valence-electron chi connectivity index (χ2n) is 5.58. The lowest BCUT2D eigenvalue weighted by atomic mass is 10.0. The molecule has 0 aliphatic rings. The van der Waals surface area contributed by atoms with Gasteiger partial charge in [0.05, 0.1) is 31.1 Å². The van der Waals surface area contributed by atoms with Gasteiger partial charge < -0.3 is 13.9 Å². The molecule has 124 valence electrons. The van der Waals surface area contributed by atoms with Crippen LogP contribution in [0.15, 0.2) is 21.3 Å². The minimum Gasteiger partial charge on any atom is -0.493 e. The Morgan fingerprint density at radius 1 is 1.26 bits per heavy atom. The molecule has 0 unspecified atom stereocenters. The topological polar surface area (TPSA) is 65.7 Å². The van der Waals surface area contributed by atoms with Gasteiger partial charge in [-0.2, -0.15) is 0 Å². The molecule has 0 saturated carbocycles. The first kappa shape index (κ1) is 17.1. The highest BCUT2D eigenvalue weighted by Gasteiger charge is 2.18. The van der Waals surface area contributed by atoms with Crippen molar-refractivity contribution >= 4 is 16.9 Å². The Bertz CT molecular complexity index is 773. The lowest BCUT2D eigenvalue weighted by molar-refractivity contribution is -0.139. The summed E-state index contributed by atoms with van der Waals surface area (Å²) in [6.45, 7) is 6.42. The number of hydrogen-bond acceptors (Lipinski definition) is 5. The third-order valence-electron chi connectivity index (χ3n) is 3.79. The maximum atomic E-state index is 12.2. The second-order valence-corrected chi connectivity index (χ2v) is 5.58. The molecular formula is C18H22O5. The molecule has 0 aliphatic carbocycles. The Morgan fingerprint density at radius 2 is 2.00 bits per heavy atom. The third kappa shape index (κ3) is 3.73. The first-order valence-electron chi connectivity index (χ1n) is 7.74. The van der Waals surface area contributed by atoms with E-state index in [1.807, 2.05) is 13.0 Å². The third-order valence-corrected chi connectivity index (χ3v) is 3.79. The number of rotatable bonds is 6. The van der Waals surface area contributed by atoms with Crippen LogP contribution in [0.1, 0.15) is 36.5 Å². The van der Waals surface area contributed by atoms with Crippen molar-refractivity contribution in [3.63, 3.8) is 0 Å². The van der Waals surface area contributed by atoms with Gasteiger partial charge in [-0.15, -0.1) is 0 Å². The summed E-state index contributed by atoms with van der Waals surface area (Å²) < 4.78 is 15.9. The smallest absolute Gasteiger partial charge is 0.340 e. The predicted octanol–water partition coefficient (Wildman–Crippen LogP) is 3.30. The molecule has 0 aliphatic heterocycles. The van der Waals surface area contributed by atoms with Gasteiger partial charge in [0.1, 0.15) is 11.3 Å². The van der Waals surface area contributed by atoms with Crippen molar-refractivity contribution in [3.05, 3.63) is 39.2 Å². The van der Waals surface area contributed by atoms with Crippen LogP contribution in [0.25, 0.3) is 11.0 Å². The van der Waals surface area contributed by atoms with E-state index in [1.165, 1.54) is 7.11 Å². The molecule has 23 heavy (non-hydrogen) atoms. The molecule has 0 saturated heterocycles. The predicted molar refractivity (Wildman–Crippen MR) is 88.1 cm³/mol. The number of fused-ring (bicyclic) bond motifs is 1. The van der Waals surface area contributed by atoms with Gasteiger partial charge in [0.2, 0.25) is 0 Å². The molecule has 0 amide bonds. The van der Waals surface area contributed by atoms with Crippen LogP contribution in [0.2, 0.25) is 0 Å². The molecule has 0 radical (unpaired) electrons. The van der Waals surface area contributed by atoms with Gasteiger partial charge in [-0.3, -0.25) is 4.79 Å². The SMILES string of the molecule is CCCCOc1cc(C)cc2oc(=O)c(CC(=O)OC)c(C)c12. The fourth-order valence-electron chi connectivity index (χ4n) is 2.50. The highest BCUT2D eigenvalue weighted by molar-refractivity contribution is 5.89. The summed E-state index contributed by atoms with van der Waals surface area (Å²) in [5.74, 6) is 0.209. The largest absolute Gasteiger partial charge is 0.493 e. The van der Waals surface area contributed by atoms with Gasteiger partial charge in [-0.1, -0.05) is 13.3 Å². The van der Waals surface area contributed by atoms with Crippen LogP contribution in [0.5, 0.6) is 5.75 Å². The van der Waals surface area contributed by atoms with Crippen LogP contribution < -0.4 is 10.4 Å². The molecule has 1 aromatic carbocycles. The number of benzene rings is 1. The van der Waals surface area contributed by atoms with Crippen LogP contribution in [-0.2, 0) is 16.0 Å². The van der Waals surface area contributed by atoms with Crippen molar-refractivity contribution in [1.29, 1.82) is 0 Å². The number of methoxy groups -OCH3 is 1. The number of carbonyl (C=O) groups excluding carboxylic acids is 1. The Balaban J connectivity index is 2.59. The van der Waals surface area contributed by atoms with E-state index < -0.39 is 11.6 Å². The van der Waals surface area contributed by atoms with E-state index in [2.05, 4.69) is 11.7 Å². The van der Waals surface area contributed by atoms with Crippen molar-refractivity contribution in [2.45, 2.75) is 40.0 Å². The van der Waals surface area contributed by atoms with Gasteiger partial charge in [0, 0.05) is 0 Å². The zero-order valence-corrected chi connectivity index (χ0v) is 14.0. The van der Waals surface area contributed by atoms with Gasteiger partial charge in [-0.25, -0.2) is 4.79 Å². The second kappa shape index (κ2) is 7.31. The van der Waals surface area contributed by atoms with E-state index in [9.17, 15) is 9.59 Å². The molecule has 2 aromatic rings. The van der Waals surface area contributed by atoms with Crippen LogP contribution in [0.4, 0.5) is 0 Å². The summed E-state index contributed by atoms with van der Waals surface area (Å²) in [7, 11) is 1.29. The number of carbonyl (C=O) groups is 1. The Kier molecular flexibility index (Phi) is 5.42. The summed E-state index contributed by atoms with van der Waals surface area (Å²) in [5, 5.41) is 0.741. The summed E-state index contributed by atoms with van der Waals surface area (Å²) in [4.78, 5) is 23.7. The number of esters is 1. The molecule has 2 rings (SSSR count). The average molecular weight is 318 g/mol. The lowest BCUT2D eigenvalue weighted by Crippen LogP contribution is -2.16. The molecule has 0 atom stereocenters. The summed E-state index contributed by atoms with van der Waals surface area (Å²) in [6.07, 6.45) is 1.87. The Labute approximate surface area is 135 Å². The van der Waals surface area contributed by atoms with Crippen LogP contribution in [0.3, 0.4) is 0 Å². The molecule has 1 heterocycles. The summed E-state index contributed by atoms with van der Waals surface area (Å²) in [6, 6.07) is 3.73. The van der Waals surface area contributed by atoms with Gasteiger partial charge >= 0.3 is 11.6 Å². The molecule has 5 heteroatoms. The van der Waals surface area contributed by atoms with Gasteiger partial charge in [0.25, 0.3) is 0 Å². The van der Waals surface area contributed by atoms with E-state index in [4.69, 9.17) is 9.15 Å². The lowest BCUT2D eigenvalue weighted by Gasteiger charge is -2.13. The van der Waals surface area contributed by atoms with E-state index >= 15 is 0 Å². The molecule has 5 nitrogen and oxygen atoms in total. The molecule has 0 fully saturated rings. The highest BCUT2D eigenvalue weighted by Crippen LogP contribution is 2.31. The number of aryl methyl sites for hydroxylation is 2. The standard InChI is InChI=1S/C18H22O5/c1-5-6-7-22-14-8-11(2)9-15-17(14)12(3)13(18(20)23-15)10-16(19)21-4/h8-9H,5-7,10H2,1-4H3. The summed E-state index contributed by atoms with van der Waals surface area (Å²) >= 11 is 0. The van der Waals surface area contributed by atoms with Crippen molar-refractivity contribution in [2.75, 3.05) is 13.7 Å². The van der Waals surface area contributed by atoms with Crippen molar-refractivity contribution < 1.29 is 18.7 Å². The maximum Gasteiger partial charge on any atom is 0.340 e. The zero-order valence-electron chi connectivity index (χ0n) is 14.0. The minimum atomic E-state index is -0.509. The molecule has 0 bridgehead atoms. The fraction of sp³-hybridized carbons (Fsp3) is 0.444. The quantitative estimate of drug-likeness (QED) is 0.464. The van der Waals surface area contributed by atoms with Crippen LogP contribution in [0, 0.1) is 13.8 Å².